The number of rotatable bonds is 8. The second-order valence-electron chi connectivity index (χ2n) is 8.18. The monoisotopic (exact) mass is 446 g/mol. The number of hydrogen-bond donors (Lipinski definition) is 0. The molecule has 166 valence electrons. The highest BCUT2D eigenvalue weighted by Crippen LogP contribution is 2.41. The zero-order valence-corrected chi connectivity index (χ0v) is 19.0. The minimum absolute atomic E-state index is 0.0898. The number of carbonyl (C=O) groups is 3. The normalized spacial score (nSPS) is 18.8. The number of aromatic nitrogens is 1. The number of imide groups is 1. The van der Waals surface area contributed by atoms with E-state index in [1.165, 1.54) is 34.4 Å². The Balaban J connectivity index is 1.90. The molecule has 0 saturated carbocycles. The molecule has 0 N–H and O–H groups in total. The molecule has 7 nitrogen and oxygen atoms in total. The van der Waals surface area contributed by atoms with E-state index in [1.54, 1.807) is 13.1 Å². The lowest BCUT2D eigenvalue weighted by Crippen LogP contribution is -2.44. The van der Waals surface area contributed by atoms with Gasteiger partial charge in [0.1, 0.15) is 5.82 Å². The molecule has 1 aromatic carbocycles. The van der Waals surface area contributed by atoms with E-state index in [-0.39, 0.29) is 43.3 Å². The third-order valence-corrected chi connectivity index (χ3v) is 6.34. The molecule has 0 aliphatic carbocycles. The van der Waals surface area contributed by atoms with Crippen molar-refractivity contribution in [1.82, 2.24) is 19.7 Å². The van der Waals surface area contributed by atoms with Gasteiger partial charge in [0.05, 0.1) is 22.7 Å². The number of carbonyl (C=O) groups excluding carboxylic acids is 3. The molecule has 2 aromatic rings. The van der Waals surface area contributed by atoms with Crippen molar-refractivity contribution in [1.29, 1.82) is 0 Å². The van der Waals surface area contributed by atoms with Crippen LogP contribution in [0.4, 0.5) is 4.39 Å². The maximum atomic E-state index is 14.8. The average Bonchev–Trinajstić information content (AvgIpc) is 3.21. The lowest BCUT2D eigenvalue weighted by atomic mass is 9.75. The van der Waals surface area contributed by atoms with Crippen molar-refractivity contribution in [2.45, 2.75) is 31.7 Å². The van der Waals surface area contributed by atoms with Crippen molar-refractivity contribution in [3.8, 4) is 0 Å². The van der Waals surface area contributed by atoms with E-state index in [9.17, 15) is 18.8 Å². The first-order valence-corrected chi connectivity index (χ1v) is 10.9. The molecule has 1 aliphatic rings. The largest absolute Gasteiger partial charge is 0.340 e. The Hall–Kier alpha value is -2.65. The van der Waals surface area contributed by atoms with Crippen molar-refractivity contribution >= 4 is 29.1 Å². The lowest BCUT2D eigenvalue weighted by Gasteiger charge is -2.29. The summed E-state index contributed by atoms with van der Waals surface area (Å²) >= 11 is 1.49. The van der Waals surface area contributed by atoms with Gasteiger partial charge in [-0.3, -0.25) is 19.3 Å². The van der Waals surface area contributed by atoms with Crippen LogP contribution in [0.25, 0.3) is 0 Å². The molecule has 3 rings (SSSR count). The molecule has 9 heteroatoms. The summed E-state index contributed by atoms with van der Waals surface area (Å²) < 4.78 is 14.8. The van der Waals surface area contributed by atoms with Crippen LogP contribution in [0.15, 0.2) is 29.6 Å². The summed E-state index contributed by atoms with van der Waals surface area (Å²) in [5.41, 5.74) is -0.704. The number of amides is 3. The summed E-state index contributed by atoms with van der Waals surface area (Å²) in [5, 5.41) is 2.77. The van der Waals surface area contributed by atoms with Crippen LogP contribution in [0.2, 0.25) is 0 Å². The minimum Gasteiger partial charge on any atom is -0.340 e. The van der Waals surface area contributed by atoms with Crippen molar-refractivity contribution in [3.63, 3.8) is 0 Å². The molecule has 1 atom stereocenters. The molecule has 1 saturated heterocycles. The van der Waals surface area contributed by atoms with Gasteiger partial charge in [-0.2, -0.15) is 0 Å². The first-order valence-electron chi connectivity index (χ1n) is 10.0. The highest BCUT2D eigenvalue weighted by atomic mass is 32.1. The van der Waals surface area contributed by atoms with Crippen LogP contribution < -0.4 is 0 Å². The van der Waals surface area contributed by atoms with E-state index in [0.717, 1.165) is 15.6 Å². The number of thiazole rings is 1. The number of aryl methyl sites for hydroxylation is 1. The fourth-order valence-corrected chi connectivity index (χ4v) is 4.43. The second-order valence-corrected chi connectivity index (χ2v) is 9.24. The zero-order valence-electron chi connectivity index (χ0n) is 18.2. The zero-order chi connectivity index (χ0) is 22.8. The number of nitrogens with zero attached hydrogens (tertiary/aromatic N) is 4. The fraction of sp³-hybridized carbons (Fsp3) is 0.455. The van der Waals surface area contributed by atoms with Gasteiger partial charge in [-0.25, -0.2) is 9.37 Å². The summed E-state index contributed by atoms with van der Waals surface area (Å²) in [4.78, 5) is 48.2. The van der Waals surface area contributed by atoms with Crippen molar-refractivity contribution < 1.29 is 18.8 Å². The summed E-state index contributed by atoms with van der Waals surface area (Å²) in [5.74, 6) is -1.84. The van der Waals surface area contributed by atoms with Crippen molar-refractivity contribution in [2.75, 3.05) is 34.2 Å². The van der Waals surface area contributed by atoms with E-state index in [1.807, 2.05) is 31.3 Å². The van der Waals surface area contributed by atoms with Gasteiger partial charge >= 0.3 is 0 Å². The summed E-state index contributed by atoms with van der Waals surface area (Å²) in [7, 11) is 5.30. The molecule has 0 radical (unpaired) electrons. The van der Waals surface area contributed by atoms with Gasteiger partial charge in [-0.05, 0) is 27.1 Å². The Kier molecular flexibility index (Phi) is 6.86. The summed E-state index contributed by atoms with van der Waals surface area (Å²) in [6, 6.07) is 5.89. The number of benzene rings is 1. The highest BCUT2D eigenvalue weighted by Gasteiger charge is 2.54. The molecule has 0 spiro atoms. The molecule has 1 aliphatic heterocycles. The predicted molar refractivity (Wildman–Crippen MR) is 116 cm³/mol. The maximum Gasteiger partial charge on any atom is 0.241 e. The topological polar surface area (TPSA) is 73.8 Å². The molecule has 1 fully saturated rings. The van der Waals surface area contributed by atoms with Crippen LogP contribution >= 0.6 is 11.3 Å². The van der Waals surface area contributed by atoms with E-state index < -0.39 is 17.1 Å². The van der Waals surface area contributed by atoms with Crippen molar-refractivity contribution in [2.24, 2.45) is 0 Å². The molecule has 31 heavy (non-hydrogen) atoms. The molecule has 1 unspecified atom stereocenters. The predicted octanol–water partition coefficient (Wildman–Crippen LogP) is 2.20. The van der Waals surface area contributed by atoms with Crippen LogP contribution in [-0.4, -0.2) is 71.6 Å². The Labute approximate surface area is 185 Å². The number of halogens is 1. The van der Waals surface area contributed by atoms with Crippen LogP contribution in [0.5, 0.6) is 0 Å². The van der Waals surface area contributed by atoms with Gasteiger partial charge in [-0.15, -0.1) is 11.3 Å². The van der Waals surface area contributed by atoms with Gasteiger partial charge in [0.15, 0.2) is 0 Å². The van der Waals surface area contributed by atoms with E-state index in [2.05, 4.69) is 4.98 Å². The highest BCUT2D eigenvalue weighted by molar-refractivity contribution is 7.09. The molecule has 1 aromatic heterocycles. The Bertz CT molecular complexity index is 993. The third kappa shape index (κ3) is 4.83. The Morgan fingerprint density at radius 2 is 1.97 bits per heavy atom. The molecular formula is C22H27FN4O3S. The van der Waals surface area contributed by atoms with Crippen LogP contribution in [-0.2, 0) is 26.3 Å². The first-order chi connectivity index (χ1) is 14.6. The quantitative estimate of drug-likeness (QED) is 0.582. The SMILES string of the molecule is Cc1nc(CN(C)C(=O)CC2(c3ccccc3F)CC(=O)N(CCN(C)C)C2=O)cs1. The maximum absolute atomic E-state index is 14.8. The Morgan fingerprint density at radius 3 is 2.58 bits per heavy atom. The van der Waals surface area contributed by atoms with Crippen LogP contribution in [0.3, 0.4) is 0 Å². The van der Waals surface area contributed by atoms with Gasteiger partial charge < -0.3 is 9.80 Å². The second kappa shape index (κ2) is 9.23. The minimum atomic E-state index is -1.54. The van der Waals surface area contributed by atoms with Crippen molar-refractivity contribution in [3.05, 3.63) is 51.7 Å². The summed E-state index contributed by atoms with van der Waals surface area (Å²) in [6.45, 7) is 2.85. The van der Waals surface area contributed by atoms with Crippen LogP contribution in [0, 0.1) is 12.7 Å². The molecule has 0 bridgehead atoms. The van der Waals surface area contributed by atoms with Gasteiger partial charge in [0.25, 0.3) is 0 Å². The standard InChI is InChI=1S/C22H27FN4O3S/c1-15-24-16(14-31-15)13-26(4)19(28)11-22(17-7-5-6-8-18(17)23)12-20(29)27(21(22)30)10-9-25(2)3/h5-8,14H,9-13H2,1-4H3. The molecular weight excluding hydrogens is 419 g/mol. The number of likely N-dealkylation sites (tertiary alicyclic amines) is 1. The Morgan fingerprint density at radius 1 is 1.26 bits per heavy atom. The van der Waals surface area contributed by atoms with Gasteiger partial charge in [0, 0.05) is 43.9 Å². The summed E-state index contributed by atoms with van der Waals surface area (Å²) in [6.07, 6.45) is -0.508. The number of likely N-dealkylation sites (N-methyl/N-ethyl adjacent to an activating group) is 1. The smallest absolute Gasteiger partial charge is 0.241 e. The van der Waals surface area contributed by atoms with Gasteiger partial charge in [0.2, 0.25) is 17.7 Å². The average molecular weight is 447 g/mol. The van der Waals surface area contributed by atoms with Gasteiger partial charge in [-0.1, -0.05) is 18.2 Å². The lowest BCUT2D eigenvalue weighted by molar-refractivity contribution is -0.142. The van der Waals surface area contributed by atoms with E-state index in [0.29, 0.717) is 6.54 Å². The van der Waals surface area contributed by atoms with E-state index in [4.69, 9.17) is 0 Å². The first kappa shape index (κ1) is 23.0. The fourth-order valence-electron chi connectivity index (χ4n) is 3.83. The van der Waals surface area contributed by atoms with Crippen LogP contribution in [0.1, 0.15) is 29.1 Å². The molecule has 2 heterocycles. The number of hydrogen-bond acceptors (Lipinski definition) is 6. The van der Waals surface area contributed by atoms with E-state index >= 15 is 0 Å². The third-order valence-electron chi connectivity index (χ3n) is 5.51. The molecule has 3 amide bonds.